The molecule has 5 nitrogen and oxygen atoms in total. The van der Waals surface area contributed by atoms with Crippen molar-refractivity contribution in [2.75, 3.05) is 5.73 Å². The van der Waals surface area contributed by atoms with Gasteiger partial charge in [-0.2, -0.15) is 18.4 Å². The number of aryl methyl sites for hydroxylation is 1. The molecule has 2 rings (SSSR count). The Morgan fingerprint density at radius 3 is 2.19 bits per heavy atom. The number of hydrogen-bond donors (Lipinski definition) is 2. The van der Waals surface area contributed by atoms with Gasteiger partial charge in [-0.05, 0) is 43.7 Å². The summed E-state index contributed by atoms with van der Waals surface area (Å²) < 4.78 is 24.2. The standard InChI is InChI=1S/C15H17N3O2S/c1-11-3-9-15(10-4-11)21(19,20)18-17-12(2)13-5-7-14(16)8-6-13/h3-10,18H,16H2,1-2H3/b17-12+. The summed E-state index contributed by atoms with van der Waals surface area (Å²) in [5, 5.41) is 3.93. The van der Waals surface area contributed by atoms with Crippen molar-refractivity contribution in [3.8, 4) is 0 Å². The highest BCUT2D eigenvalue weighted by Crippen LogP contribution is 2.10. The summed E-state index contributed by atoms with van der Waals surface area (Å²) in [4.78, 5) is 2.42. The summed E-state index contributed by atoms with van der Waals surface area (Å²) in [6.07, 6.45) is 0. The predicted molar refractivity (Wildman–Crippen MR) is 84.6 cm³/mol. The molecule has 110 valence electrons. The molecule has 0 fully saturated rings. The first kappa shape index (κ1) is 15.1. The Hall–Kier alpha value is -2.34. The first-order valence-corrected chi connectivity index (χ1v) is 7.85. The zero-order chi connectivity index (χ0) is 15.5. The fourth-order valence-corrected chi connectivity index (χ4v) is 2.54. The second kappa shape index (κ2) is 5.97. The lowest BCUT2D eigenvalue weighted by Gasteiger charge is -2.06. The zero-order valence-corrected chi connectivity index (χ0v) is 12.7. The lowest BCUT2D eigenvalue weighted by atomic mass is 10.1. The average molecular weight is 303 g/mol. The van der Waals surface area contributed by atoms with Crippen molar-refractivity contribution in [1.29, 1.82) is 0 Å². The lowest BCUT2D eigenvalue weighted by Crippen LogP contribution is -2.19. The fraction of sp³-hybridized carbons (Fsp3) is 0.133. The number of benzene rings is 2. The predicted octanol–water partition coefficient (Wildman–Crippen LogP) is 2.28. The van der Waals surface area contributed by atoms with Gasteiger partial charge in [0.2, 0.25) is 0 Å². The van der Waals surface area contributed by atoms with Crippen LogP contribution in [0.2, 0.25) is 0 Å². The maximum Gasteiger partial charge on any atom is 0.276 e. The molecular formula is C15H17N3O2S. The van der Waals surface area contributed by atoms with E-state index in [1.165, 1.54) is 0 Å². The third kappa shape index (κ3) is 3.82. The number of hydrazone groups is 1. The Morgan fingerprint density at radius 1 is 1.05 bits per heavy atom. The van der Waals surface area contributed by atoms with E-state index in [0.717, 1.165) is 11.1 Å². The Balaban J connectivity index is 2.18. The quantitative estimate of drug-likeness (QED) is 0.516. The SMILES string of the molecule is C/C(=N\NS(=O)(=O)c1ccc(C)cc1)c1ccc(N)cc1. The number of anilines is 1. The highest BCUT2D eigenvalue weighted by molar-refractivity contribution is 7.89. The van der Waals surface area contributed by atoms with Gasteiger partial charge in [0, 0.05) is 5.69 Å². The Kier molecular flexibility index (Phi) is 4.28. The summed E-state index contributed by atoms with van der Waals surface area (Å²) in [5.41, 5.74) is 8.61. The van der Waals surface area contributed by atoms with Crippen LogP contribution in [0.5, 0.6) is 0 Å². The van der Waals surface area contributed by atoms with Gasteiger partial charge in [0.25, 0.3) is 10.0 Å². The minimum atomic E-state index is -3.65. The van der Waals surface area contributed by atoms with Crippen molar-refractivity contribution >= 4 is 21.4 Å². The van der Waals surface area contributed by atoms with Crippen molar-refractivity contribution in [2.45, 2.75) is 18.7 Å². The number of rotatable bonds is 4. The molecule has 21 heavy (non-hydrogen) atoms. The van der Waals surface area contributed by atoms with Crippen molar-refractivity contribution in [2.24, 2.45) is 5.10 Å². The molecule has 0 bridgehead atoms. The molecular weight excluding hydrogens is 286 g/mol. The van der Waals surface area contributed by atoms with Crippen LogP contribution in [0.1, 0.15) is 18.1 Å². The van der Waals surface area contributed by atoms with E-state index in [-0.39, 0.29) is 4.90 Å². The minimum Gasteiger partial charge on any atom is -0.399 e. The second-order valence-corrected chi connectivity index (χ2v) is 6.39. The van der Waals surface area contributed by atoms with Gasteiger partial charge in [-0.1, -0.05) is 29.8 Å². The third-order valence-electron chi connectivity index (χ3n) is 2.99. The molecule has 0 unspecified atom stereocenters. The van der Waals surface area contributed by atoms with E-state index in [0.29, 0.717) is 11.4 Å². The van der Waals surface area contributed by atoms with E-state index in [4.69, 9.17) is 5.73 Å². The number of nitrogens with two attached hydrogens (primary N) is 1. The third-order valence-corrected chi connectivity index (χ3v) is 4.22. The summed E-state index contributed by atoms with van der Waals surface area (Å²) in [7, 11) is -3.65. The molecule has 0 amide bonds. The van der Waals surface area contributed by atoms with Crippen LogP contribution >= 0.6 is 0 Å². The average Bonchev–Trinajstić information content (AvgIpc) is 2.46. The second-order valence-electron chi connectivity index (χ2n) is 4.73. The number of sulfonamides is 1. The minimum absolute atomic E-state index is 0.182. The van der Waals surface area contributed by atoms with Gasteiger partial charge >= 0.3 is 0 Å². The number of nitrogen functional groups attached to an aromatic ring is 1. The first-order chi connectivity index (χ1) is 9.88. The number of nitrogens with zero attached hydrogens (tertiary/aromatic N) is 1. The fourth-order valence-electron chi connectivity index (χ4n) is 1.69. The normalized spacial score (nSPS) is 12.2. The molecule has 0 saturated carbocycles. The van der Waals surface area contributed by atoms with Crippen LogP contribution in [0.15, 0.2) is 58.5 Å². The van der Waals surface area contributed by atoms with E-state index < -0.39 is 10.0 Å². The maximum atomic E-state index is 12.1. The lowest BCUT2D eigenvalue weighted by molar-refractivity contribution is 0.584. The Bertz CT molecular complexity index is 749. The van der Waals surface area contributed by atoms with Crippen molar-refractivity contribution in [1.82, 2.24) is 4.83 Å². The molecule has 2 aromatic carbocycles. The van der Waals surface area contributed by atoms with Crippen LogP contribution < -0.4 is 10.6 Å². The smallest absolute Gasteiger partial charge is 0.276 e. The molecule has 0 aliphatic carbocycles. The number of nitrogens with one attached hydrogen (secondary N) is 1. The molecule has 3 N–H and O–H groups in total. The monoisotopic (exact) mass is 303 g/mol. The van der Waals surface area contributed by atoms with Gasteiger partial charge in [0.1, 0.15) is 0 Å². The Labute approximate surface area is 124 Å². The molecule has 0 spiro atoms. The molecule has 0 aromatic heterocycles. The highest BCUT2D eigenvalue weighted by atomic mass is 32.2. The molecule has 0 aliphatic heterocycles. The zero-order valence-electron chi connectivity index (χ0n) is 11.9. The van der Waals surface area contributed by atoms with Crippen LogP contribution in [-0.2, 0) is 10.0 Å². The van der Waals surface area contributed by atoms with Gasteiger partial charge in [0.05, 0.1) is 10.6 Å². The van der Waals surface area contributed by atoms with Gasteiger partial charge in [0.15, 0.2) is 0 Å². The van der Waals surface area contributed by atoms with E-state index >= 15 is 0 Å². The van der Waals surface area contributed by atoms with Crippen LogP contribution in [-0.4, -0.2) is 14.1 Å². The summed E-state index contributed by atoms with van der Waals surface area (Å²) in [6, 6.07) is 13.6. The van der Waals surface area contributed by atoms with Crippen LogP contribution in [0.4, 0.5) is 5.69 Å². The van der Waals surface area contributed by atoms with Crippen LogP contribution in [0.25, 0.3) is 0 Å². The summed E-state index contributed by atoms with van der Waals surface area (Å²) in [5.74, 6) is 0. The Morgan fingerprint density at radius 2 is 1.62 bits per heavy atom. The van der Waals surface area contributed by atoms with Crippen molar-refractivity contribution < 1.29 is 8.42 Å². The molecule has 0 radical (unpaired) electrons. The van der Waals surface area contributed by atoms with Crippen LogP contribution in [0, 0.1) is 6.92 Å². The van der Waals surface area contributed by atoms with Gasteiger partial charge < -0.3 is 5.73 Å². The van der Waals surface area contributed by atoms with Crippen molar-refractivity contribution in [3.05, 3.63) is 59.7 Å². The topological polar surface area (TPSA) is 84.5 Å². The molecule has 6 heteroatoms. The molecule has 0 aliphatic rings. The van der Waals surface area contributed by atoms with Gasteiger partial charge in [-0.3, -0.25) is 0 Å². The van der Waals surface area contributed by atoms with Crippen LogP contribution in [0.3, 0.4) is 0 Å². The first-order valence-electron chi connectivity index (χ1n) is 6.37. The summed E-state index contributed by atoms with van der Waals surface area (Å²) >= 11 is 0. The van der Waals surface area contributed by atoms with E-state index in [1.54, 1.807) is 55.5 Å². The van der Waals surface area contributed by atoms with E-state index in [1.807, 2.05) is 6.92 Å². The van der Waals surface area contributed by atoms with E-state index in [2.05, 4.69) is 9.93 Å². The van der Waals surface area contributed by atoms with Gasteiger partial charge in [-0.15, -0.1) is 0 Å². The van der Waals surface area contributed by atoms with E-state index in [9.17, 15) is 8.42 Å². The number of hydrogen-bond acceptors (Lipinski definition) is 4. The molecule has 2 aromatic rings. The van der Waals surface area contributed by atoms with Gasteiger partial charge in [-0.25, -0.2) is 0 Å². The maximum absolute atomic E-state index is 12.1. The summed E-state index contributed by atoms with van der Waals surface area (Å²) in [6.45, 7) is 3.62. The molecule has 0 atom stereocenters. The molecule has 0 heterocycles. The largest absolute Gasteiger partial charge is 0.399 e. The van der Waals surface area contributed by atoms with Crippen molar-refractivity contribution in [3.63, 3.8) is 0 Å². The molecule has 0 saturated heterocycles. The highest BCUT2D eigenvalue weighted by Gasteiger charge is 2.12.